The van der Waals surface area contributed by atoms with Crippen molar-refractivity contribution in [1.29, 1.82) is 0 Å². The van der Waals surface area contributed by atoms with E-state index in [0.717, 1.165) is 31.2 Å². The van der Waals surface area contributed by atoms with Crippen molar-refractivity contribution in [1.82, 2.24) is 0 Å². The summed E-state index contributed by atoms with van der Waals surface area (Å²) in [6.45, 7) is 3.74. The Balaban J connectivity index is 1.34. The van der Waals surface area contributed by atoms with Crippen molar-refractivity contribution in [2.75, 3.05) is 16.8 Å². The summed E-state index contributed by atoms with van der Waals surface area (Å²) in [5.74, 6) is -1.45. The Morgan fingerprint density at radius 2 is 1.64 bits per heavy atom. The number of imide groups is 1. The summed E-state index contributed by atoms with van der Waals surface area (Å²) in [7, 11) is 0. The van der Waals surface area contributed by atoms with Crippen LogP contribution in [0.1, 0.15) is 49.0 Å². The number of amides is 3. The molecule has 1 saturated carbocycles. The molecule has 0 radical (unpaired) electrons. The van der Waals surface area contributed by atoms with E-state index in [1.165, 1.54) is 17.0 Å². The number of rotatable bonds is 6. The number of nitrogens with zero attached hydrogens (tertiary/aromatic N) is 1. The summed E-state index contributed by atoms with van der Waals surface area (Å²) in [4.78, 5) is 51.3. The Kier molecular flexibility index (Phi) is 6.58. The molecule has 1 aliphatic carbocycles. The fraction of sp³-hybridized carbons (Fsp3) is 0.385. The van der Waals surface area contributed by atoms with Gasteiger partial charge in [-0.2, -0.15) is 0 Å². The summed E-state index contributed by atoms with van der Waals surface area (Å²) in [5.41, 5.74) is 2.49. The third-order valence-electron chi connectivity index (χ3n) is 6.53. The quantitative estimate of drug-likeness (QED) is 0.533. The molecular formula is C26H28N2O5. The fourth-order valence-electron chi connectivity index (χ4n) is 4.63. The molecule has 0 bridgehead atoms. The maximum Gasteiger partial charge on any atom is 0.338 e. The second kappa shape index (κ2) is 9.57. The first kappa shape index (κ1) is 22.7. The van der Waals surface area contributed by atoms with Gasteiger partial charge in [0.15, 0.2) is 6.61 Å². The summed E-state index contributed by atoms with van der Waals surface area (Å²) in [6, 6.07) is 13.6. The molecule has 1 aliphatic heterocycles. The van der Waals surface area contributed by atoms with Crippen LogP contribution < -0.4 is 10.2 Å². The minimum atomic E-state index is -0.653. The van der Waals surface area contributed by atoms with Crippen LogP contribution in [0, 0.1) is 17.8 Å². The van der Waals surface area contributed by atoms with Crippen molar-refractivity contribution < 1.29 is 23.9 Å². The van der Waals surface area contributed by atoms with Crippen LogP contribution in [0.25, 0.3) is 0 Å². The van der Waals surface area contributed by atoms with Crippen molar-refractivity contribution in [3.8, 4) is 0 Å². The van der Waals surface area contributed by atoms with Crippen LogP contribution in [-0.4, -0.2) is 30.3 Å². The molecular weight excluding hydrogens is 420 g/mol. The molecule has 7 nitrogen and oxygen atoms in total. The van der Waals surface area contributed by atoms with Crippen LogP contribution in [0.4, 0.5) is 11.4 Å². The van der Waals surface area contributed by atoms with E-state index in [1.54, 1.807) is 24.3 Å². The van der Waals surface area contributed by atoms with Crippen LogP contribution >= 0.6 is 0 Å². The molecule has 3 amide bonds. The maximum atomic E-state index is 12.8. The smallest absolute Gasteiger partial charge is 0.338 e. The molecule has 2 aromatic carbocycles. The van der Waals surface area contributed by atoms with Gasteiger partial charge in [-0.15, -0.1) is 0 Å². The van der Waals surface area contributed by atoms with E-state index >= 15 is 0 Å². The predicted octanol–water partition coefficient (Wildman–Crippen LogP) is 3.97. The molecule has 7 heteroatoms. The lowest BCUT2D eigenvalue weighted by molar-refractivity contribution is -0.122. The molecule has 3 atom stereocenters. The summed E-state index contributed by atoms with van der Waals surface area (Å²) in [5, 5.41) is 2.69. The van der Waals surface area contributed by atoms with Crippen LogP contribution in [0.2, 0.25) is 0 Å². The van der Waals surface area contributed by atoms with Gasteiger partial charge in [0.05, 0.1) is 23.1 Å². The number of anilines is 2. The minimum Gasteiger partial charge on any atom is -0.452 e. The highest BCUT2D eigenvalue weighted by atomic mass is 16.5. The largest absolute Gasteiger partial charge is 0.452 e. The Hall–Kier alpha value is -3.48. The van der Waals surface area contributed by atoms with E-state index in [1.807, 2.05) is 19.1 Å². The zero-order valence-corrected chi connectivity index (χ0v) is 18.9. The first-order valence-corrected chi connectivity index (χ1v) is 11.4. The number of benzene rings is 2. The molecule has 1 saturated heterocycles. The normalized spacial score (nSPS) is 22.1. The number of hydrogen-bond acceptors (Lipinski definition) is 5. The molecule has 1 N–H and O–H groups in total. The lowest BCUT2D eigenvalue weighted by Crippen LogP contribution is -2.30. The summed E-state index contributed by atoms with van der Waals surface area (Å²) < 4.78 is 5.11. The Morgan fingerprint density at radius 1 is 0.970 bits per heavy atom. The van der Waals surface area contributed by atoms with E-state index in [0.29, 0.717) is 17.3 Å². The third-order valence-corrected chi connectivity index (χ3v) is 6.53. The molecule has 2 fully saturated rings. The summed E-state index contributed by atoms with van der Waals surface area (Å²) in [6.07, 6.45) is 3.34. The van der Waals surface area contributed by atoms with Gasteiger partial charge in [0.1, 0.15) is 0 Å². The first-order chi connectivity index (χ1) is 15.9. The molecule has 0 aromatic heterocycles. The lowest BCUT2D eigenvalue weighted by Gasteiger charge is -2.25. The molecule has 0 unspecified atom stereocenters. The van der Waals surface area contributed by atoms with Gasteiger partial charge in [0, 0.05) is 5.69 Å². The number of aryl methyl sites for hydroxylation is 1. The zero-order valence-electron chi connectivity index (χ0n) is 18.9. The number of fused-ring (bicyclic) bond motifs is 1. The van der Waals surface area contributed by atoms with Gasteiger partial charge in [-0.3, -0.25) is 19.3 Å². The topological polar surface area (TPSA) is 92.8 Å². The second-order valence-electron chi connectivity index (χ2n) is 8.86. The molecule has 172 valence electrons. The SMILES string of the molecule is CCc1ccc(NC(=O)COC(=O)c2ccc(N3C(=O)[C@H]4C[C@H](C)CC[C@H]4C3=O)cc2)cc1. The van der Waals surface area contributed by atoms with Crippen molar-refractivity contribution in [2.24, 2.45) is 17.8 Å². The standard InChI is InChI=1S/C26H28N2O5/c1-3-17-5-9-19(10-6-17)27-23(29)15-33-26(32)18-7-11-20(12-8-18)28-24(30)21-13-4-16(2)14-22(21)25(28)31/h5-12,16,21-22H,3-4,13-15H2,1-2H3,(H,27,29)/t16-,21-,22+/m1/s1. The lowest BCUT2D eigenvalue weighted by atomic mass is 9.76. The van der Waals surface area contributed by atoms with Crippen LogP contribution in [-0.2, 0) is 25.5 Å². The maximum absolute atomic E-state index is 12.8. The Labute approximate surface area is 193 Å². The van der Waals surface area contributed by atoms with Gasteiger partial charge in [-0.25, -0.2) is 4.79 Å². The molecule has 0 spiro atoms. The van der Waals surface area contributed by atoms with E-state index in [4.69, 9.17) is 4.74 Å². The second-order valence-corrected chi connectivity index (χ2v) is 8.86. The fourth-order valence-corrected chi connectivity index (χ4v) is 4.63. The highest BCUT2D eigenvalue weighted by Crippen LogP contribution is 2.42. The van der Waals surface area contributed by atoms with Crippen molar-refractivity contribution in [3.05, 3.63) is 59.7 Å². The zero-order chi connectivity index (χ0) is 23.5. The molecule has 1 heterocycles. The van der Waals surface area contributed by atoms with Crippen molar-refractivity contribution in [2.45, 2.75) is 39.5 Å². The average molecular weight is 449 g/mol. The van der Waals surface area contributed by atoms with Crippen LogP contribution in [0.15, 0.2) is 48.5 Å². The first-order valence-electron chi connectivity index (χ1n) is 11.4. The number of ether oxygens (including phenoxy) is 1. The van der Waals surface area contributed by atoms with Gasteiger partial charge in [-0.1, -0.05) is 26.0 Å². The molecule has 2 aliphatic rings. The molecule has 4 rings (SSSR count). The average Bonchev–Trinajstić information content (AvgIpc) is 3.07. The monoisotopic (exact) mass is 448 g/mol. The number of esters is 1. The summed E-state index contributed by atoms with van der Waals surface area (Å²) >= 11 is 0. The molecule has 33 heavy (non-hydrogen) atoms. The van der Waals surface area contributed by atoms with Gasteiger partial charge in [0.25, 0.3) is 5.91 Å². The van der Waals surface area contributed by atoms with E-state index in [-0.39, 0.29) is 29.2 Å². The van der Waals surface area contributed by atoms with Gasteiger partial charge >= 0.3 is 5.97 Å². The Morgan fingerprint density at radius 3 is 2.30 bits per heavy atom. The van der Waals surface area contributed by atoms with E-state index in [2.05, 4.69) is 12.2 Å². The molecule has 2 aromatic rings. The van der Waals surface area contributed by atoms with E-state index in [9.17, 15) is 19.2 Å². The number of hydrogen-bond donors (Lipinski definition) is 1. The predicted molar refractivity (Wildman–Crippen MR) is 124 cm³/mol. The third kappa shape index (κ3) is 4.82. The van der Waals surface area contributed by atoms with Crippen molar-refractivity contribution in [3.63, 3.8) is 0 Å². The number of carbonyl (C=O) groups excluding carboxylic acids is 4. The minimum absolute atomic E-state index is 0.157. The van der Waals surface area contributed by atoms with Gasteiger partial charge in [0.2, 0.25) is 11.8 Å². The van der Waals surface area contributed by atoms with E-state index < -0.39 is 18.5 Å². The highest BCUT2D eigenvalue weighted by molar-refractivity contribution is 6.22. The van der Waals surface area contributed by atoms with Crippen molar-refractivity contribution >= 4 is 35.1 Å². The highest BCUT2D eigenvalue weighted by Gasteiger charge is 2.49. The number of carbonyl (C=O) groups is 4. The Bertz CT molecular complexity index is 1060. The number of nitrogens with one attached hydrogen (secondary N) is 1. The van der Waals surface area contributed by atoms with Gasteiger partial charge < -0.3 is 10.1 Å². The van der Waals surface area contributed by atoms with Crippen LogP contribution in [0.3, 0.4) is 0 Å². The van der Waals surface area contributed by atoms with Gasteiger partial charge in [-0.05, 0) is 73.6 Å². The van der Waals surface area contributed by atoms with Crippen LogP contribution in [0.5, 0.6) is 0 Å².